The summed E-state index contributed by atoms with van der Waals surface area (Å²) >= 11 is 0. The zero-order valence-electron chi connectivity index (χ0n) is 10.3. The topological polar surface area (TPSA) is 20.2 Å². The molecule has 1 aromatic carbocycles. The maximum atomic E-state index is 8.85. The van der Waals surface area contributed by atoms with E-state index in [2.05, 4.69) is 45.9 Å². The van der Waals surface area contributed by atoms with E-state index in [-0.39, 0.29) is 12.0 Å². The van der Waals surface area contributed by atoms with Gasteiger partial charge in [0.25, 0.3) is 0 Å². The van der Waals surface area contributed by atoms with E-state index in [9.17, 15) is 0 Å². The normalized spacial score (nSPS) is 11.8. The summed E-state index contributed by atoms with van der Waals surface area (Å²) in [6, 6.07) is 6.68. The summed E-state index contributed by atoms with van der Waals surface area (Å²) in [4.78, 5) is 0. The van der Waals surface area contributed by atoms with Crippen LogP contribution < -0.4 is 0 Å². The summed E-state index contributed by atoms with van der Waals surface area (Å²) in [5, 5.41) is 8.85. The van der Waals surface area contributed by atoms with E-state index in [1.54, 1.807) is 0 Å². The van der Waals surface area contributed by atoms with Gasteiger partial charge in [-0.3, -0.25) is 0 Å². The molecule has 0 atom stereocenters. The molecule has 0 aliphatic heterocycles. The molecule has 0 aromatic heterocycles. The van der Waals surface area contributed by atoms with Gasteiger partial charge in [-0.2, -0.15) is 0 Å². The van der Waals surface area contributed by atoms with Crippen molar-refractivity contribution >= 4 is 0 Å². The van der Waals surface area contributed by atoms with Crippen LogP contribution >= 0.6 is 0 Å². The van der Waals surface area contributed by atoms with E-state index >= 15 is 0 Å². The van der Waals surface area contributed by atoms with Crippen LogP contribution in [0.15, 0.2) is 18.2 Å². The van der Waals surface area contributed by atoms with Gasteiger partial charge in [0.15, 0.2) is 0 Å². The Morgan fingerprint density at radius 3 is 2.40 bits per heavy atom. The molecule has 0 saturated carbocycles. The first-order valence-corrected chi connectivity index (χ1v) is 5.66. The molecule has 0 saturated heterocycles. The highest BCUT2D eigenvalue weighted by Gasteiger charge is 2.14. The van der Waals surface area contributed by atoms with Crippen LogP contribution in [0.1, 0.15) is 43.9 Å². The zero-order valence-corrected chi connectivity index (χ0v) is 10.3. The molecule has 0 aliphatic carbocycles. The first-order valence-electron chi connectivity index (χ1n) is 5.66. The third kappa shape index (κ3) is 3.35. The Kier molecular flexibility index (Phi) is 3.92. The summed E-state index contributed by atoms with van der Waals surface area (Å²) in [7, 11) is 0. The van der Waals surface area contributed by atoms with E-state index in [0.29, 0.717) is 0 Å². The van der Waals surface area contributed by atoms with Crippen LogP contribution in [0, 0.1) is 6.92 Å². The molecule has 0 spiro atoms. The highest BCUT2D eigenvalue weighted by atomic mass is 16.2. The fourth-order valence-corrected chi connectivity index (χ4v) is 1.68. The Morgan fingerprint density at radius 1 is 1.20 bits per heavy atom. The number of hydrogen-bond donors (Lipinski definition) is 1. The third-order valence-corrected chi connectivity index (χ3v) is 2.82. The van der Waals surface area contributed by atoms with Crippen molar-refractivity contribution in [3.05, 3.63) is 34.9 Å². The van der Waals surface area contributed by atoms with Gasteiger partial charge < -0.3 is 5.11 Å². The van der Waals surface area contributed by atoms with Gasteiger partial charge in [-0.05, 0) is 41.9 Å². The monoisotopic (exact) mass is 206 g/mol. The lowest BCUT2D eigenvalue weighted by Crippen LogP contribution is -2.11. The van der Waals surface area contributed by atoms with Gasteiger partial charge in [-0.1, -0.05) is 39.0 Å². The molecule has 1 aromatic rings. The maximum Gasteiger partial charge on any atom is 0.0434 e. The van der Waals surface area contributed by atoms with Gasteiger partial charge in [-0.25, -0.2) is 0 Å². The number of rotatable bonds is 3. The number of aliphatic hydroxyl groups excluding tert-OH is 1. The minimum absolute atomic E-state index is 0.210. The van der Waals surface area contributed by atoms with Crippen molar-refractivity contribution in [1.82, 2.24) is 0 Å². The second kappa shape index (κ2) is 4.80. The summed E-state index contributed by atoms with van der Waals surface area (Å²) in [5.41, 5.74) is 4.29. The molecule has 15 heavy (non-hydrogen) atoms. The second-order valence-electron chi connectivity index (χ2n) is 5.22. The lowest BCUT2D eigenvalue weighted by Gasteiger charge is -2.20. The minimum Gasteiger partial charge on any atom is -0.396 e. The van der Waals surface area contributed by atoms with Crippen LogP contribution in [0.2, 0.25) is 0 Å². The zero-order chi connectivity index (χ0) is 11.5. The quantitative estimate of drug-likeness (QED) is 0.805. The van der Waals surface area contributed by atoms with Crippen LogP contribution in [-0.2, 0) is 11.8 Å². The van der Waals surface area contributed by atoms with Crippen molar-refractivity contribution in [2.75, 3.05) is 6.61 Å². The Labute approximate surface area is 93.1 Å². The molecule has 0 bridgehead atoms. The second-order valence-corrected chi connectivity index (χ2v) is 5.22. The number of hydrogen-bond acceptors (Lipinski definition) is 1. The van der Waals surface area contributed by atoms with E-state index in [1.807, 2.05) is 0 Å². The van der Waals surface area contributed by atoms with E-state index in [4.69, 9.17) is 5.11 Å². The highest BCUT2D eigenvalue weighted by molar-refractivity contribution is 5.34. The molecule has 0 amide bonds. The highest BCUT2D eigenvalue weighted by Crippen LogP contribution is 2.24. The van der Waals surface area contributed by atoms with Crippen molar-refractivity contribution < 1.29 is 5.11 Å². The van der Waals surface area contributed by atoms with E-state index in [0.717, 1.165) is 12.8 Å². The lowest BCUT2D eigenvalue weighted by atomic mass is 9.85. The van der Waals surface area contributed by atoms with Crippen molar-refractivity contribution in [3.8, 4) is 0 Å². The molecule has 0 aliphatic rings. The SMILES string of the molecule is Cc1ccc(C(C)(C)C)cc1CCCO. The third-order valence-electron chi connectivity index (χ3n) is 2.82. The number of aliphatic hydroxyl groups is 1. The Bertz CT molecular complexity index is 321. The largest absolute Gasteiger partial charge is 0.396 e. The van der Waals surface area contributed by atoms with Crippen LogP contribution in [0.5, 0.6) is 0 Å². The predicted molar refractivity (Wildman–Crippen MR) is 65.3 cm³/mol. The van der Waals surface area contributed by atoms with E-state index in [1.165, 1.54) is 16.7 Å². The van der Waals surface area contributed by atoms with Gasteiger partial charge in [0.1, 0.15) is 0 Å². The molecule has 0 fully saturated rings. The lowest BCUT2D eigenvalue weighted by molar-refractivity contribution is 0.288. The molecule has 1 N–H and O–H groups in total. The standard InChI is InChI=1S/C14H22O/c1-11-7-8-13(14(2,3)4)10-12(11)6-5-9-15/h7-8,10,15H,5-6,9H2,1-4H3. The van der Waals surface area contributed by atoms with Crippen LogP contribution in [0.4, 0.5) is 0 Å². The first kappa shape index (κ1) is 12.3. The minimum atomic E-state index is 0.210. The van der Waals surface area contributed by atoms with Crippen LogP contribution in [-0.4, -0.2) is 11.7 Å². The smallest absolute Gasteiger partial charge is 0.0434 e. The van der Waals surface area contributed by atoms with Crippen LogP contribution in [0.25, 0.3) is 0 Å². The molecule has 1 nitrogen and oxygen atoms in total. The van der Waals surface area contributed by atoms with Crippen molar-refractivity contribution in [3.63, 3.8) is 0 Å². The predicted octanol–water partition coefficient (Wildman–Crippen LogP) is 3.22. The Balaban J connectivity index is 2.95. The average molecular weight is 206 g/mol. The molecule has 1 heteroatoms. The van der Waals surface area contributed by atoms with Gasteiger partial charge >= 0.3 is 0 Å². The molecule has 0 heterocycles. The Morgan fingerprint density at radius 2 is 1.87 bits per heavy atom. The van der Waals surface area contributed by atoms with Gasteiger partial charge in [0.05, 0.1) is 0 Å². The maximum absolute atomic E-state index is 8.85. The average Bonchev–Trinajstić information content (AvgIpc) is 2.15. The summed E-state index contributed by atoms with van der Waals surface area (Å²) in [6.07, 6.45) is 1.83. The Hall–Kier alpha value is -0.820. The fourth-order valence-electron chi connectivity index (χ4n) is 1.68. The van der Waals surface area contributed by atoms with Gasteiger partial charge in [-0.15, -0.1) is 0 Å². The summed E-state index contributed by atoms with van der Waals surface area (Å²) in [6.45, 7) is 9.10. The van der Waals surface area contributed by atoms with Crippen LogP contribution in [0.3, 0.4) is 0 Å². The fraction of sp³-hybridized carbons (Fsp3) is 0.571. The molecule has 0 radical (unpaired) electrons. The van der Waals surface area contributed by atoms with Gasteiger partial charge in [0, 0.05) is 6.61 Å². The summed E-state index contributed by atoms with van der Waals surface area (Å²) in [5.74, 6) is 0. The number of aryl methyl sites for hydroxylation is 2. The van der Waals surface area contributed by atoms with Crippen molar-refractivity contribution in [2.24, 2.45) is 0 Å². The van der Waals surface area contributed by atoms with E-state index < -0.39 is 0 Å². The van der Waals surface area contributed by atoms with Crippen molar-refractivity contribution in [2.45, 2.75) is 46.0 Å². The first-order chi connectivity index (χ1) is 6.95. The van der Waals surface area contributed by atoms with Crippen molar-refractivity contribution in [1.29, 1.82) is 0 Å². The molecule has 0 unspecified atom stereocenters. The van der Waals surface area contributed by atoms with Gasteiger partial charge in [0.2, 0.25) is 0 Å². The molecular formula is C14H22O. The molecular weight excluding hydrogens is 184 g/mol. The summed E-state index contributed by atoms with van der Waals surface area (Å²) < 4.78 is 0. The molecule has 1 rings (SSSR count). The molecule has 84 valence electrons. The number of benzene rings is 1.